The molecule has 5 nitrogen and oxygen atoms in total. The van der Waals surface area contributed by atoms with Gasteiger partial charge in [-0.3, -0.25) is 4.99 Å². The number of hydrogen-bond donors (Lipinski definition) is 3. The lowest BCUT2D eigenvalue weighted by Crippen LogP contribution is -2.37. The van der Waals surface area contributed by atoms with E-state index in [1.165, 1.54) is 0 Å². The highest BCUT2D eigenvalue weighted by Crippen LogP contribution is 2.00. The lowest BCUT2D eigenvalue weighted by atomic mass is 10.3. The van der Waals surface area contributed by atoms with Crippen LogP contribution in [-0.4, -0.2) is 37.1 Å². The molecule has 1 heterocycles. The van der Waals surface area contributed by atoms with Crippen molar-refractivity contribution in [1.29, 1.82) is 0 Å². The van der Waals surface area contributed by atoms with Crippen LogP contribution in [0.1, 0.15) is 19.8 Å². The molecule has 0 aliphatic heterocycles. The van der Waals surface area contributed by atoms with Crippen molar-refractivity contribution in [3.63, 3.8) is 0 Å². The van der Waals surface area contributed by atoms with Crippen molar-refractivity contribution in [2.24, 2.45) is 4.99 Å². The normalized spacial score (nSPS) is 10.2. The topological polar surface area (TPSA) is 61.3 Å². The number of anilines is 1. The van der Waals surface area contributed by atoms with Crippen LogP contribution in [0.15, 0.2) is 29.4 Å². The summed E-state index contributed by atoms with van der Waals surface area (Å²) in [5.41, 5.74) is 0. The van der Waals surface area contributed by atoms with E-state index in [2.05, 4.69) is 31.8 Å². The lowest BCUT2D eigenvalue weighted by molar-refractivity contribution is 0.760. The van der Waals surface area contributed by atoms with Crippen molar-refractivity contribution in [1.82, 2.24) is 15.6 Å². The zero-order valence-electron chi connectivity index (χ0n) is 12.4. The smallest absolute Gasteiger partial charge is 0.192 e. The molecule has 0 amide bonds. The van der Waals surface area contributed by atoms with Gasteiger partial charge in [0.15, 0.2) is 5.96 Å². The van der Waals surface area contributed by atoms with E-state index in [4.69, 9.17) is 6.42 Å². The molecule has 0 bridgehead atoms. The number of pyridine rings is 1. The molecule has 0 atom stereocenters. The highest BCUT2D eigenvalue weighted by molar-refractivity contribution is 14.0. The summed E-state index contributed by atoms with van der Waals surface area (Å²) in [6.45, 7) is 5.04. The van der Waals surface area contributed by atoms with Gasteiger partial charge >= 0.3 is 0 Å². The molecule has 1 aromatic heterocycles. The van der Waals surface area contributed by atoms with Crippen LogP contribution in [0.25, 0.3) is 0 Å². The van der Waals surface area contributed by atoms with E-state index < -0.39 is 0 Å². The molecule has 1 rings (SSSR count). The summed E-state index contributed by atoms with van der Waals surface area (Å²) in [7, 11) is 0. The molecule has 0 unspecified atom stereocenters. The van der Waals surface area contributed by atoms with E-state index in [0.717, 1.165) is 44.3 Å². The molecule has 0 fully saturated rings. The number of terminal acetylenes is 1. The molecule has 116 valence electrons. The fourth-order valence-corrected chi connectivity index (χ4v) is 1.59. The Kier molecular flexibility index (Phi) is 12.5. The molecule has 3 N–H and O–H groups in total. The first-order valence-electron chi connectivity index (χ1n) is 6.97. The number of nitrogens with one attached hydrogen (secondary N) is 3. The van der Waals surface area contributed by atoms with Crippen molar-refractivity contribution < 1.29 is 0 Å². The van der Waals surface area contributed by atoms with Crippen LogP contribution in [0.5, 0.6) is 0 Å². The first kappa shape index (κ1) is 19.5. The molecule has 21 heavy (non-hydrogen) atoms. The van der Waals surface area contributed by atoms with Crippen LogP contribution in [0.2, 0.25) is 0 Å². The van der Waals surface area contributed by atoms with E-state index in [0.29, 0.717) is 6.54 Å². The van der Waals surface area contributed by atoms with Gasteiger partial charge in [-0.15, -0.1) is 30.4 Å². The van der Waals surface area contributed by atoms with Crippen molar-refractivity contribution in [3.05, 3.63) is 24.4 Å². The fraction of sp³-hybridized carbons (Fsp3) is 0.467. The second kappa shape index (κ2) is 13.5. The molecule has 1 aromatic rings. The highest BCUT2D eigenvalue weighted by Gasteiger charge is 1.95. The standard InChI is InChI=1S/C15H23N5.HI/c1-3-10-19-15(16-4-2)20-13-8-7-12-18-14-9-5-6-11-17-14;/h1,5-6,9,11H,4,7-8,10,12-13H2,2H3,(H,17,18)(H2,16,19,20);1H. The van der Waals surface area contributed by atoms with Gasteiger partial charge in [0.05, 0.1) is 6.54 Å². The molecule has 0 aliphatic carbocycles. The summed E-state index contributed by atoms with van der Waals surface area (Å²) in [6.07, 6.45) is 9.07. The predicted octanol–water partition coefficient (Wildman–Crippen LogP) is 2.08. The quantitative estimate of drug-likeness (QED) is 0.205. The van der Waals surface area contributed by atoms with Gasteiger partial charge in [-0.1, -0.05) is 12.0 Å². The van der Waals surface area contributed by atoms with Gasteiger partial charge in [0.25, 0.3) is 0 Å². The van der Waals surface area contributed by atoms with Crippen LogP contribution >= 0.6 is 24.0 Å². The monoisotopic (exact) mass is 401 g/mol. The van der Waals surface area contributed by atoms with Crippen LogP contribution in [0.4, 0.5) is 5.82 Å². The second-order valence-corrected chi connectivity index (χ2v) is 4.17. The zero-order valence-corrected chi connectivity index (χ0v) is 14.8. The van der Waals surface area contributed by atoms with Crippen LogP contribution in [0, 0.1) is 12.3 Å². The molecule has 0 aliphatic rings. The van der Waals surface area contributed by atoms with Crippen LogP contribution in [0.3, 0.4) is 0 Å². The van der Waals surface area contributed by atoms with Crippen molar-refractivity contribution in [3.8, 4) is 12.3 Å². The molecule has 0 saturated carbocycles. The van der Waals surface area contributed by atoms with E-state index in [9.17, 15) is 0 Å². The van der Waals surface area contributed by atoms with Gasteiger partial charge in [-0.2, -0.15) is 0 Å². The van der Waals surface area contributed by atoms with Gasteiger partial charge in [0.1, 0.15) is 5.82 Å². The third kappa shape index (κ3) is 9.96. The van der Waals surface area contributed by atoms with Crippen molar-refractivity contribution >= 4 is 35.8 Å². The van der Waals surface area contributed by atoms with Crippen molar-refractivity contribution in [2.75, 3.05) is 31.5 Å². The van der Waals surface area contributed by atoms with Gasteiger partial charge in [-0.05, 0) is 31.9 Å². The molecular weight excluding hydrogens is 377 g/mol. The second-order valence-electron chi connectivity index (χ2n) is 4.17. The number of aromatic nitrogens is 1. The number of halogens is 1. The zero-order chi connectivity index (χ0) is 14.5. The Bertz CT molecular complexity index is 427. The molecule has 0 aromatic carbocycles. The number of aliphatic imine (C=N–C) groups is 1. The highest BCUT2D eigenvalue weighted by atomic mass is 127. The summed E-state index contributed by atoms with van der Waals surface area (Å²) in [6, 6.07) is 5.84. The number of hydrogen-bond acceptors (Lipinski definition) is 3. The summed E-state index contributed by atoms with van der Waals surface area (Å²) in [5.74, 6) is 4.23. The Labute approximate surface area is 144 Å². The maximum absolute atomic E-state index is 5.21. The van der Waals surface area contributed by atoms with Gasteiger partial charge < -0.3 is 16.0 Å². The third-order valence-corrected chi connectivity index (χ3v) is 2.53. The van der Waals surface area contributed by atoms with Crippen molar-refractivity contribution in [2.45, 2.75) is 19.8 Å². The van der Waals surface area contributed by atoms with Crippen LogP contribution in [-0.2, 0) is 0 Å². The summed E-state index contributed by atoms with van der Waals surface area (Å²) < 4.78 is 0. The van der Waals surface area contributed by atoms with E-state index >= 15 is 0 Å². The molecular formula is C15H24IN5. The largest absolute Gasteiger partial charge is 0.370 e. The van der Waals surface area contributed by atoms with E-state index in [-0.39, 0.29) is 24.0 Å². The Morgan fingerprint density at radius 1 is 1.33 bits per heavy atom. The van der Waals surface area contributed by atoms with E-state index in [1.54, 1.807) is 6.20 Å². The number of rotatable bonds is 8. The Morgan fingerprint density at radius 2 is 2.19 bits per heavy atom. The Morgan fingerprint density at radius 3 is 2.86 bits per heavy atom. The average molecular weight is 401 g/mol. The molecule has 0 spiro atoms. The lowest BCUT2D eigenvalue weighted by Gasteiger charge is -2.08. The molecule has 0 radical (unpaired) electrons. The molecule has 6 heteroatoms. The SMILES string of the molecule is C#CCNC(=NCCCCNc1ccccn1)NCC.I. The number of unbranched alkanes of at least 4 members (excludes halogenated alkanes) is 1. The Hall–Kier alpha value is -1.49. The van der Waals surface area contributed by atoms with Gasteiger partial charge in [0.2, 0.25) is 0 Å². The fourth-order valence-electron chi connectivity index (χ4n) is 1.59. The minimum absolute atomic E-state index is 0. The summed E-state index contributed by atoms with van der Waals surface area (Å²) >= 11 is 0. The molecule has 0 saturated heterocycles. The van der Waals surface area contributed by atoms with Gasteiger partial charge in [-0.25, -0.2) is 4.98 Å². The van der Waals surface area contributed by atoms with E-state index in [1.807, 2.05) is 25.1 Å². The minimum atomic E-state index is 0. The Balaban J connectivity index is 0.00000400. The first-order valence-corrected chi connectivity index (χ1v) is 6.97. The maximum Gasteiger partial charge on any atom is 0.192 e. The minimum Gasteiger partial charge on any atom is -0.370 e. The first-order chi connectivity index (χ1) is 9.86. The third-order valence-electron chi connectivity index (χ3n) is 2.53. The van der Waals surface area contributed by atoms with Gasteiger partial charge in [0, 0.05) is 25.8 Å². The number of guanidine groups is 1. The number of nitrogens with zero attached hydrogens (tertiary/aromatic N) is 2. The average Bonchev–Trinajstić information content (AvgIpc) is 2.49. The van der Waals surface area contributed by atoms with Crippen LogP contribution < -0.4 is 16.0 Å². The maximum atomic E-state index is 5.21. The summed E-state index contributed by atoms with van der Waals surface area (Å²) in [5, 5.41) is 9.49. The summed E-state index contributed by atoms with van der Waals surface area (Å²) in [4.78, 5) is 8.66. The predicted molar refractivity (Wildman–Crippen MR) is 100 cm³/mol.